The first-order valence-electron chi connectivity index (χ1n) is 7.68. The van der Waals surface area contributed by atoms with Crippen molar-refractivity contribution in [2.24, 2.45) is 5.92 Å². The lowest BCUT2D eigenvalue weighted by Crippen LogP contribution is -2.29. The Morgan fingerprint density at radius 2 is 1.76 bits per heavy atom. The molecule has 0 aliphatic rings. The van der Waals surface area contributed by atoms with E-state index in [2.05, 4.69) is 18.6 Å². The number of halogens is 1. The highest BCUT2D eigenvalue weighted by Crippen LogP contribution is 2.15. The van der Waals surface area contributed by atoms with Crippen LogP contribution in [-0.4, -0.2) is 20.8 Å². The Morgan fingerprint density at radius 3 is 2.29 bits per heavy atom. The third-order valence-corrected chi connectivity index (χ3v) is 5.21. The van der Waals surface area contributed by atoms with Crippen molar-refractivity contribution in [1.29, 1.82) is 0 Å². The maximum absolute atomic E-state index is 12.3. The monoisotopic (exact) mass is 331 g/mol. The van der Waals surface area contributed by atoms with E-state index in [0.29, 0.717) is 23.2 Å². The normalized spacial score (nSPS) is 13.3. The number of nitrogens with one attached hydrogen (secondary N) is 1. The fourth-order valence-electron chi connectivity index (χ4n) is 2.35. The minimum atomic E-state index is -3.42. The minimum Gasteiger partial charge on any atom is -0.211 e. The van der Waals surface area contributed by atoms with Crippen LogP contribution in [0.25, 0.3) is 0 Å². The van der Waals surface area contributed by atoms with Gasteiger partial charge in [-0.2, -0.15) is 0 Å². The molecule has 5 heteroatoms. The van der Waals surface area contributed by atoms with Crippen LogP contribution in [0.15, 0.2) is 29.2 Å². The molecule has 21 heavy (non-hydrogen) atoms. The van der Waals surface area contributed by atoms with E-state index in [1.165, 1.54) is 5.56 Å². The van der Waals surface area contributed by atoms with Gasteiger partial charge in [0.25, 0.3) is 0 Å². The van der Waals surface area contributed by atoms with Crippen LogP contribution in [0.2, 0.25) is 0 Å². The number of benzene rings is 1. The molecular weight excluding hydrogens is 306 g/mol. The number of hydrogen-bond acceptors (Lipinski definition) is 2. The van der Waals surface area contributed by atoms with Crippen molar-refractivity contribution in [2.75, 3.05) is 12.4 Å². The van der Waals surface area contributed by atoms with Gasteiger partial charge in [-0.05, 0) is 42.9 Å². The lowest BCUT2D eigenvalue weighted by Gasteiger charge is -2.15. The summed E-state index contributed by atoms with van der Waals surface area (Å²) in [6.07, 6.45) is 4.90. The van der Waals surface area contributed by atoms with E-state index in [0.717, 1.165) is 32.1 Å². The van der Waals surface area contributed by atoms with Crippen LogP contribution in [0, 0.1) is 5.92 Å². The van der Waals surface area contributed by atoms with Gasteiger partial charge in [0, 0.05) is 12.4 Å². The molecule has 3 nitrogen and oxygen atoms in total. The molecule has 0 spiro atoms. The maximum atomic E-state index is 12.3. The predicted molar refractivity (Wildman–Crippen MR) is 89.4 cm³/mol. The lowest BCUT2D eigenvalue weighted by atomic mass is 10.0. The molecule has 0 amide bonds. The Hall–Kier alpha value is -0.580. The number of rotatable bonds is 10. The van der Waals surface area contributed by atoms with Gasteiger partial charge in [0.05, 0.1) is 4.90 Å². The summed E-state index contributed by atoms with van der Waals surface area (Å²) in [6.45, 7) is 4.67. The van der Waals surface area contributed by atoms with Crippen LogP contribution in [0.3, 0.4) is 0 Å². The Labute approximate surface area is 134 Å². The highest BCUT2D eigenvalue weighted by Gasteiger charge is 2.16. The fourth-order valence-corrected chi connectivity index (χ4v) is 3.77. The summed E-state index contributed by atoms with van der Waals surface area (Å²) in [6, 6.07) is 7.15. The molecule has 1 aromatic rings. The SMILES string of the molecule is CCCc1ccc(S(=O)(=O)NCC(CCC)CCCl)cc1. The van der Waals surface area contributed by atoms with Gasteiger partial charge in [-0.15, -0.1) is 11.6 Å². The van der Waals surface area contributed by atoms with E-state index in [1.807, 2.05) is 12.1 Å². The van der Waals surface area contributed by atoms with Crippen LogP contribution in [0.1, 0.15) is 45.1 Å². The molecule has 0 bridgehead atoms. The van der Waals surface area contributed by atoms with Crippen LogP contribution in [-0.2, 0) is 16.4 Å². The lowest BCUT2D eigenvalue weighted by molar-refractivity contribution is 0.457. The number of alkyl halides is 1. The second-order valence-electron chi connectivity index (χ2n) is 5.38. The largest absolute Gasteiger partial charge is 0.240 e. The van der Waals surface area contributed by atoms with Crippen LogP contribution >= 0.6 is 11.6 Å². The number of hydrogen-bond donors (Lipinski definition) is 1. The molecule has 0 saturated carbocycles. The molecule has 0 fully saturated rings. The van der Waals surface area contributed by atoms with Crippen molar-refractivity contribution in [3.05, 3.63) is 29.8 Å². The quantitative estimate of drug-likeness (QED) is 0.659. The zero-order valence-corrected chi connectivity index (χ0v) is 14.5. The zero-order chi connectivity index (χ0) is 15.7. The summed E-state index contributed by atoms with van der Waals surface area (Å²) in [5.74, 6) is 0.875. The minimum absolute atomic E-state index is 0.307. The Kier molecular flexibility index (Phi) is 8.30. The average Bonchev–Trinajstić information content (AvgIpc) is 2.46. The first kappa shape index (κ1) is 18.5. The summed E-state index contributed by atoms with van der Waals surface area (Å²) in [5, 5.41) is 0. The Balaban J connectivity index is 2.67. The van der Waals surface area contributed by atoms with E-state index in [1.54, 1.807) is 12.1 Å². The highest BCUT2D eigenvalue weighted by atomic mass is 35.5. The summed E-state index contributed by atoms with van der Waals surface area (Å²) < 4.78 is 27.3. The molecule has 0 aliphatic carbocycles. The second kappa shape index (κ2) is 9.44. The van der Waals surface area contributed by atoms with Gasteiger partial charge in [0.1, 0.15) is 0 Å². The van der Waals surface area contributed by atoms with Crippen molar-refractivity contribution in [3.8, 4) is 0 Å². The number of sulfonamides is 1. The molecule has 1 N–H and O–H groups in total. The van der Waals surface area contributed by atoms with E-state index in [4.69, 9.17) is 11.6 Å². The highest BCUT2D eigenvalue weighted by molar-refractivity contribution is 7.89. The third kappa shape index (κ3) is 6.37. The summed E-state index contributed by atoms with van der Waals surface area (Å²) >= 11 is 5.77. The first-order chi connectivity index (χ1) is 10.0. The second-order valence-corrected chi connectivity index (χ2v) is 7.52. The zero-order valence-electron chi connectivity index (χ0n) is 12.9. The third-order valence-electron chi connectivity index (χ3n) is 3.55. The van der Waals surface area contributed by atoms with Crippen molar-refractivity contribution < 1.29 is 8.42 Å². The van der Waals surface area contributed by atoms with Crippen LogP contribution in [0.4, 0.5) is 0 Å². The molecule has 120 valence electrons. The van der Waals surface area contributed by atoms with Crippen molar-refractivity contribution in [1.82, 2.24) is 4.72 Å². The van der Waals surface area contributed by atoms with E-state index >= 15 is 0 Å². The molecule has 0 radical (unpaired) electrons. The van der Waals surface area contributed by atoms with E-state index < -0.39 is 10.0 Å². The molecule has 0 heterocycles. The fraction of sp³-hybridized carbons (Fsp3) is 0.625. The summed E-state index contributed by atoms with van der Waals surface area (Å²) in [4.78, 5) is 0.337. The van der Waals surface area contributed by atoms with Gasteiger partial charge in [0.2, 0.25) is 10.0 Å². The topological polar surface area (TPSA) is 46.2 Å². The summed E-state index contributed by atoms with van der Waals surface area (Å²) in [7, 11) is -3.42. The molecule has 0 aromatic heterocycles. The first-order valence-corrected chi connectivity index (χ1v) is 9.69. The van der Waals surface area contributed by atoms with Gasteiger partial charge in [0.15, 0.2) is 0 Å². The van der Waals surface area contributed by atoms with Crippen molar-refractivity contribution >= 4 is 21.6 Å². The average molecular weight is 332 g/mol. The standard InChI is InChI=1S/C16H26ClNO2S/c1-3-5-14-7-9-16(10-8-14)21(19,20)18-13-15(6-4-2)11-12-17/h7-10,15,18H,3-6,11-13H2,1-2H3. The Morgan fingerprint density at radius 1 is 1.10 bits per heavy atom. The van der Waals surface area contributed by atoms with E-state index in [9.17, 15) is 8.42 Å². The van der Waals surface area contributed by atoms with Gasteiger partial charge in [-0.1, -0.05) is 38.8 Å². The molecule has 0 saturated heterocycles. The molecule has 1 unspecified atom stereocenters. The molecule has 1 aromatic carbocycles. The molecule has 1 rings (SSSR count). The number of aryl methyl sites for hydroxylation is 1. The van der Waals surface area contributed by atoms with Gasteiger partial charge >= 0.3 is 0 Å². The van der Waals surface area contributed by atoms with Gasteiger partial charge < -0.3 is 0 Å². The molecule has 0 aliphatic heterocycles. The van der Waals surface area contributed by atoms with Crippen LogP contribution in [0.5, 0.6) is 0 Å². The van der Waals surface area contributed by atoms with E-state index in [-0.39, 0.29) is 0 Å². The molecule has 1 atom stereocenters. The van der Waals surface area contributed by atoms with Crippen molar-refractivity contribution in [3.63, 3.8) is 0 Å². The van der Waals surface area contributed by atoms with Gasteiger partial charge in [-0.3, -0.25) is 0 Å². The van der Waals surface area contributed by atoms with Crippen molar-refractivity contribution in [2.45, 2.75) is 50.8 Å². The molecular formula is C16H26ClNO2S. The smallest absolute Gasteiger partial charge is 0.211 e. The van der Waals surface area contributed by atoms with Crippen LogP contribution < -0.4 is 4.72 Å². The predicted octanol–water partition coefficient (Wildman–Crippen LogP) is 3.96. The Bertz CT molecular complexity index is 494. The maximum Gasteiger partial charge on any atom is 0.240 e. The van der Waals surface area contributed by atoms with Gasteiger partial charge in [-0.25, -0.2) is 13.1 Å². The summed E-state index contributed by atoms with van der Waals surface area (Å²) in [5.41, 5.74) is 1.17.